The lowest BCUT2D eigenvalue weighted by Crippen LogP contribution is -3.00. The molecule has 0 aromatic carbocycles. The highest BCUT2D eigenvalue weighted by Crippen LogP contribution is 1.75. The molecule has 90 valence electrons. The van der Waals surface area contributed by atoms with Crippen LogP contribution < -0.4 is 22.1 Å². The van der Waals surface area contributed by atoms with Crippen LogP contribution in [0.25, 0.3) is 0 Å². The molecule has 0 radical (unpaired) electrons. The number of nitrogens with zero attached hydrogens (tertiary/aromatic N) is 2. The van der Waals surface area contributed by atoms with Gasteiger partial charge >= 0.3 is 0 Å². The van der Waals surface area contributed by atoms with Crippen molar-refractivity contribution in [3.63, 3.8) is 0 Å². The molecule has 0 bridgehead atoms. The van der Waals surface area contributed by atoms with Crippen molar-refractivity contribution in [2.45, 2.75) is 6.54 Å². The molecule has 0 spiro atoms. The molecule has 17 heavy (non-hydrogen) atoms. The minimum absolute atomic E-state index is 0. The Morgan fingerprint density at radius 3 is 1.88 bits per heavy atom. The van der Waals surface area contributed by atoms with Gasteiger partial charge in [0.2, 0.25) is 0 Å². The summed E-state index contributed by atoms with van der Waals surface area (Å²) in [6.45, 7) is -0.0825. The number of aromatic nitrogens is 2. The van der Waals surface area contributed by atoms with Crippen molar-refractivity contribution in [2.75, 3.05) is 0 Å². The Kier molecular flexibility index (Phi) is 8.24. The zero-order chi connectivity index (χ0) is 11.6. The summed E-state index contributed by atoms with van der Waals surface area (Å²) < 4.78 is 1.54. The summed E-state index contributed by atoms with van der Waals surface area (Å²) in [5, 5.41) is 10.0. The first-order valence-corrected chi connectivity index (χ1v) is 4.78. The third-order valence-corrected chi connectivity index (χ3v) is 1.66. The molecule has 5 heteroatoms. The molecule has 2 heterocycles. The van der Waals surface area contributed by atoms with E-state index in [0.717, 1.165) is 0 Å². The topological polar surface area (TPSA) is 56.9 Å². The first kappa shape index (κ1) is 15.1. The van der Waals surface area contributed by atoms with Crippen LogP contribution in [0.5, 0.6) is 0 Å². The molecule has 0 aliphatic carbocycles. The second-order valence-corrected chi connectivity index (χ2v) is 2.94. The molecule has 2 rings (SSSR count). The average Bonchev–Trinajstić information content (AvgIpc) is 2.32. The van der Waals surface area contributed by atoms with E-state index in [1.807, 2.05) is 24.3 Å². The fraction of sp³-hybridized carbons (Fsp3) is 0.0833. The van der Waals surface area contributed by atoms with Crippen LogP contribution >= 0.6 is 0 Å². The van der Waals surface area contributed by atoms with Crippen LogP contribution in [0.3, 0.4) is 0 Å². The minimum Gasteiger partial charge on any atom is -1.00 e. The van der Waals surface area contributed by atoms with Gasteiger partial charge in [-0.2, -0.15) is 4.57 Å². The summed E-state index contributed by atoms with van der Waals surface area (Å²) in [7, 11) is 0. The highest BCUT2D eigenvalue weighted by molar-refractivity contribution is 5.62. The summed E-state index contributed by atoms with van der Waals surface area (Å²) in [6, 6.07) is 11.1. The van der Waals surface area contributed by atoms with Gasteiger partial charge in [0.1, 0.15) is 5.97 Å². The molecule has 4 nitrogen and oxygen atoms in total. The molecule has 2 aromatic rings. The van der Waals surface area contributed by atoms with Crippen molar-refractivity contribution in [1.29, 1.82) is 0 Å². The molecule has 0 unspecified atom stereocenters. The molecule has 0 saturated carbocycles. The van der Waals surface area contributed by atoms with Gasteiger partial charge in [-0.3, -0.25) is 4.98 Å². The first-order chi connectivity index (χ1) is 7.79. The molecule has 0 amide bonds. The number of pyridine rings is 2. The summed E-state index contributed by atoms with van der Waals surface area (Å²) in [5.74, 6) is -1.07. The number of hydrogen-bond acceptors (Lipinski definition) is 3. The van der Waals surface area contributed by atoms with E-state index in [-0.39, 0.29) is 19.0 Å². The number of rotatable bonds is 2. The Hall–Kier alpha value is -1.94. The van der Waals surface area contributed by atoms with E-state index in [9.17, 15) is 9.90 Å². The molecule has 0 fully saturated rings. The van der Waals surface area contributed by atoms with Crippen LogP contribution in [-0.2, 0) is 11.3 Å². The van der Waals surface area contributed by atoms with E-state index in [2.05, 4.69) is 4.98 Å². The Balaban J connectivity index is 0.000000316. The van der Waals surface area contributed by atoms with Crippen LogP contribution in [0, 0.1) is 0 Å². The Bertz CT molecular complexity index is 383. The van der Waals surface area contributed by atoms with Gasteiger partial charge in [-0.25, -0.2) is 0 Å². The predicted octanol–water partition coefficient (Wildman–Crippen LogP) is -3.19. The summed E-state index contributed by atoms with van der Waals surface area (Å²) in [5.41, 5.74) is 0. The second kappa shape index (κ2) is 9.30. The van der Waals surface area contributed by atoms with Crippen molar-refractivity contribution in [3.05, 3.63) is 61.2 Å². The SMILES string of the molecule is O=C([O-])C[n+]1ccccc1.[Cl-].c1ccncc1. The maximum absolute atomic E-state index is 10.0. The fourth-order valence-corrected chi connectivity index (χ4v) is 1.00. The molecule has 0 N–H and O–H groups in total. The fourth-order valence-electron chi connectivity index (χ4n) is 1.00. The van der Waals surface area contributed by atoms with E-state index in [0.29, 0.717) is 0 Å². The number of aliphatic carboxylic acids is 1. The van der Waals surface area contributed by atoms with Gasteiger partial charge in [-0.1, -0.05) is 12.1 Å². The maximum atomic E-state index is 10.0. The van der Waals surface area contributed by atoms with Crippen LogP contribution in [0.4, 0.5) is 0 Å². The molecular weight excluding hydrogens is 240 g/mol. The van der Waals surface area contributed by atoms with Crippen LogP contribution in [0.1, 0.15) is 0 Å². The van der Waals surface area contributed by atoms with E-state index in [1.165, 1.54) is 4.57 Å². The Labute approximate surface area is 106 Å². The van der Waals surface area contributed by atoms with E-state index in [4.69, 9.17) is 0 Å². The normalized spacial score (nSPS) is 8.24. The summed E-state index contributed by atoms with van der Waals surface area (Å²) >= 11 is 0. The van der Waals surface area contributed by atoms with Crippen molar-refractivity contribution in [2.24, 2.45) is 0 Å². The molecule has 0 atom stereocenters. The lowest BCUT2D eigenvalue weighted by Gasteiger charge is -1.94. The van der Waals surface area contributed by atoms with Gasteiger partial charge < -0.3 is 22.3 Å². The highest BCUT2D eigenvalue weighted by atomic mass is 35.5. The number of carbonyl (C=O) groups excluding carboxylic acids is 1. The monoisotopic (exact) mass is 251 g/mol. The van der Waals surface area contributed by atoms with Crippen LogP contribution in [0.2, 0.25) is 0 Å². The van der Waals surface area contributed by atoms with Gasteiger partial charge in [0, 0.05) is 24.5 Å². The first-order valence-electron chi connectivity index (χ1n) is 4.78. The highest BCUT2D eigenvalue weighted by Gasteiger charge is 1.94. The van der Waals surface area contributed by atoms with Crippen molar-refractivity contribution in [1.82, 2.24) is 4.98 Å². The Morgan fingerprint density at radius 2 is 1.53 bits per heavy atom. The van der Waals surface area contributed by atoms with Crippen molar-refractivity contribution < 1.29 is 26.9 Å². The predicted molar refractivity (Wildman–Crippen MR) is 55.9 cm³/mol. The molecule has 0 saturated heterocycles. The number of carboxylic acids is 1. The molecule has 0 aliphatic rings. The minimum atomic E-state index is -1.07. The van der Waals surface area contributed by atoms with Crippen molar-refractivity contribution >= 4 is 5.97 Å². The van der Waals surface area contributed by atoms with Crippen LogP contribution in [0.15, 0.2) is 61.2 Å². The number of halogens is 1. The molecule has 2 aromatic heterocycles. The number of hydrogen-bond donors (Lipinski definition) is 0. The maximum Gasteiger partial charge on any atom is 0.187 e. The van der Waals surface area contributed by atoms with Gasteiger partial charge in [0.15, 0.2) is 18.9 Å². The molecule has 0 aliphatic heterocycles. The second-order valence-electron chi connectivity index (χ2n) is 2.94. The van der Waals surface area contributed by atoms with Gasteiger partial charge in [0.05, 0.1) is 0 Å². The summed E-state index contributed by atoms with van der Waals surface area (Å²) in [6.07, 6.45) is 6.85. The van der Waals surface area contributed by atoms with Gasteiger partial charge in [-0.15, -0.1) is 0 Å². The summed E-state index contributed by atoms with van der Waals surface area (Å²) in [4.78, 5) is 13.8. The lowest BCUT2D eigenvalue weighted by molar-refractivity contribution is -0.690. The van der Waals surface area contributed by atoms with Crippen molar-refractivity contribution in [3.8, 4) is 0 Å². The van der Waals surface area contributed by atoms with E-state index >= 15 is 0 Å². The quantitative estimate of drug-likeness (QED) is 0.529. The zero-order valence-corrected chi connectivity index (χ0v) is 9.83. The van der Waals surface area contributed by atoms with Gasteiger partial charge in [-0.05, 0) is 12.1 Å². The molecular formula is C12H12ClN2O2-. The average molecular weight is 252 g/mol. The standard InChI is InChI=1S/C7H7NO2.C5H5N.ClH/c9-7(10)6-8-4-2-1-3-5-8;1-2-4-6-5-3-1;/h1-5H,6H2;1-5H;1H/p-1. The Morgan fingerprint density at radius 1 is 1.00 bits per heavy atom. The van der Waals surface area contributed by atoms with Crippen LogP contribution in [-0.4, -0.2) is 11.0 Å². The zero-order valence-electron chi connectivity index (χ0n) is 9.07. The van der Waals surface area contributed by atoms with Gasteiger partial charge in [0.25, 0.3) is 0 Å². The largest absolute Gasteiger partial charge is 1.00 e. The third kappa shape index (κ3) is 7.93. The number of carbonyl (C=O) groups is 1. The number of carboxylic acid groups (broad SMARTS) is 1. The lowest BCUT2D eigenvalue weighted by atomic mass is 10.5. The third-order valence-electron chi connectivity index (χ3n) is 1.66. The van der Waals surface area contributed by atoms with E-state index < -0.39 is 5.97 Å². The van der Waals surface area contributed by atoms with E-state index in [1.54, 1.807) is 36.9 Å². The smallest absolute Gasteiger partial charge is 0.187 e.